The Labute approximate surface area is 142 Å². The van der Waals surface area contributed by atoms with E-state index in [2.05, 4.69) is 35.4 Å². The second-order valence-corrected chi connectivity index (χ2v) is 6.14. The van der Waals surface area contributed by atoms with Crippen LogP contribution in [0.1, 0.15) is 31.1 Å². The third kappa shape index (κ3) is 2.78. The van der Waals surface area contributed by atoms with Gasteiger partial charge in [-0.15, -0.1) is 0 Å². The number of nitrogens with zero attached hydrogens (tertiary/aromatic N) is 2. The van der Waals surface area contributed by atoms with E-state index >= 15 is 0 Å². The second kappa shape index (κ2) is 6.65. The lowest BCUT2D eigenvalue weighted by molar-refractivity contribution is 0.101. The number of carbonyl (C=O) groups excluding carboxylic acids is 1. The maximum Gasteiger partial charge on any atom is 0.163 e. The maximum absolute atomic E-state index is 11.8. The van der Waals surface area contributed by atoms with Crippen molar-refractivity contribution in [2.75, 3.05) is 19.6 Å². The van der Waals surface area contributed by atoms with E-state index in [0.717, 1.165) is 48.0 Å². The van der Waals surface area contributed by atoms with Gasteiger partial charge in [0.15, 0.2) is 5.78 Å². The van der Waals surface area contributed by atoms with Crippen LogP contribution in [0.15, 0.2) is 36.4 Å². The number of fused-ring (bicyclic) bond motifs is 3. The van der Waals surface area contributed by atoms with Crippen LogP contribution >= 0.6 is 0 Å². The summed E-state index contributed by atoms with van der Waals surface area (Å²) >= 11 is 0. The zero-order valence-electron chi connectivity index (χ0n) is 14.5. The zero-order chi connectivity index (χ0) is 17.3. The molecule has 1 aromatic heterocycles. The molecule has 0 aliphatic rings. The van der Waals surface area contributed by atoms with Crippen LogP contribution in [0.4, 0.5) is 0 Å². The van der Waals surface area contributed by atoms with E-state index in [1.165, 1.54) is 6.92 Å². The Hall–Kier alpha value is -2.33. The number of Topliss-reactive ketones (excluding diaryl/α,β-unsaturated/α-hetero) is 1. The highest BCUT2D eigenvalue weighted by atomic mass is 16.3. The van der Waals surface area contributed by atoms with E-state index in [4.69, 9.17) is 0 Å². The number of ketones is 1. The van der Waals surface area contributed by atoms with Gasteiger partial charge < -0.3 is 14.6 Å². The van der Waals surface area contributed by atoms with Gasteiger partial charge in [-0.3, -0.25) is 4.79 Å². The molecular weight excluding hydrogens is 300 g/mol. The Morgan fingerprint density at radius 2 is 1.79 bits per heavy atom. The molecule has 0 amide bonds. The number of aromatic nitrogens is 1. The summed E-state index contributed by atoms with van der Waals surface area (Å²) in [6.07, 6.45) is 0. The first kappa shape index (κ1) is 16.5. The quantitative estimate of drug-likeness (QED) is 0.696. The average Bonchev–Trinajstić information content (AvgIpc) is 2.88. The van der Waals surface area contributed by atoms with Crippen molar-refractivity contribution < 1.29 is 9.90 Å². The number of rotatable bonds is 6. The lowest BCUT2D eigenvalue weighted by atomic mass is 10.1. The van der Waals surface area contributed by atoms with E-state index in [1.54, 1.807) is 6.07 Å². The predicted molar refractivity (Wildman–Crippen MR) is 98.9 cm³/mol. The molecule has 1 heterocycles. The van der Waals surface area contributed by atoms with Crippen LogP contribution in [0.25, 0.3) is 21.8 Å². The van der Waals surface area contributed by atoms with Gasteiger partial charge in [-0.1, -0.05) is 32.0 Å². The smallest absolute Gasteiger partial charge is 0.163 e. The van der Waals surface area contributed by atoms with Crippen LogP contribution in [0.5, 0.6) is 5.75 Å². The highest BCUT2D eigenvalue weighted by molar-refractivity contribution is 6.11. The fraction of sp³-hybridized carbons (Fsp3) is 0.350. The molecule has 0 spiro atoms. The molecule has 0 unspecified atom stereocenters. The molecule has 24 heavy (non-hydrogen) atoms. The Morgan fingerprint density at radius 3 is 2.46 bits per heavy atom. The van der Waals surface area contributed by atoms with E-state index < -0.39 is 0 Å². The lowest BCUT2D eigenvalue weighted by Gasteiger charge is -2.19. The minimum Gasteiger partial charge on any atom is -0.507 e. The van der Waals surface area contributed by atoms with Crippen molar-refractivity contribution in [2.45, 2.75) is 27.3 Å². The number of hydrogen-bond donors (Lipinski definition) is 1. The summed E-state index contributed by atoms with van der Waals surface area (Å²) in [6, 6.07) is 11.8. The van der Waals surface area contributed by atoms with E-state index in [9.17, 15) is 9.90 Å². The molecule has 3 aromatic rings. The molecule has 1 N–H and O–H groups in total. The molecule has 4 heteroatoms. The SMILES string of the molecule is CCN(CC)CCn1c2ccccc2c2cc(C(C)=O)c(O)cc21. The Balaban J connectivity index is 2.19. The fourth-order valence-electron chi connectivity index (χ4n) is 3.39. The number of phenols is 1. The Morgan fingerprint density at radius 1 is 1.08 bits per heavy atom. The summed E-state index contributed by atoms with van der Waals surface area (Å²) in [5.74, 6) is -0.0590. The third-order valence-corrected chi connectivity index (χ3v) is 4.80. The summed E-state index contributed by atoms with van der Waals surface area (Å²) < 4.78 is 2.24. The fourth-order valence-corrected chi connectivity index (χ4v) is 3.39. The Kier molecular flexibility index (Phi) is 4.58. The zero-order valence-corrected chi connectivity index (χ0v) is 14.5. The predicted octanol–water partition coefficient (Wildman–Crippen LogP) is 4.04. The first-order valence-corrected chi connectivity index (χ1v) is 8.54. The minimum atomic E-state index is -0.116. The van der Waals surface area contributed by atoms with Crippen molar-refractivity contribution in [3.63, 3.8) is 0 Å². The normalized spacial score (nSPS) is 11.7. The van der Waals surface area contributed by atoms with Gasteiger partial charge in [-0.25, -0.2) is 0 Å². The number of hydrogen-bond acceptors (Lipinski definition) is 3. The van der Waals surface area contributed by atoms with Crippen LogP contribution in [0, 0.1) is 0 Å². The van der Waals surface area contributed by atoms with Crippen molar-refractivity contribution in [2.24, 2.45) is 0 Å². The van der Waals surface area contributed by atoms with Crippen molar-refractivity contribution in [3.8, 4) is 5.75 Å². The third-order valence-electron chi connectivity index (χ3n) is 4.80. The molecule has 4 nitrogen and oxygen atoms in total. The number of likely N-dealkylation sites (N-methyl/N-ethyl adjacent to an activating group) is 1. The van der Waals surface area contributed by atoms with Crippen LogP contribution < -0.4 is 0 Å². The van der Waals surface area contributed by atoms with Crippen molar-refractivity contribution in [1.29, 1.82) is 0 Å². The molecule has 3 rings (SSSR count). The van der Waals surface area contributed by atoms with Gasteiger partial charge in [-0.2, -0.15) is 0 Å². The van der Waals surface area contributed by atoms with Crippen molar-refractivity contribution >= 4 is 27.6 Å². The highest BCUT2D eigenvalue weighted by Crippen LogP contribution is 2.33. The first-order valence-electron chi connectivity index (χ1n) is 8.54. The second-order valence-electron chi connectivity index (χ2n) is 6.14. The Bertz CT molecular complexity index is 891. The number of aromatic hydroxyl groups is 1. The number of benzene rings is 2. The van der Waals surface area contributed by atoms with Gasteiger partial charge in [0.1, 0.15) is 5.75 Å². The van der Waals surface area contributed by atoms with Crippen LogP contribution in [-0.4, -0.2) is 40.0 Å². The average molecular weight is 324 g/mol. The molecule has 0 aliphatic carbocycles. The first-order chi connectivity index (χ1) is 11.6. The van der Waals surface area contributed by atoms with E-state index in [1.807, 2.05) is 18.2 Å². The monoisotopic (exact) mass is 324 g/mol. The maximum atomic E-state index is 11.8. The summed E-state index contributed by atoms with van der Waals surface area (Å²) in [6.45, 7) is 9.67. The largest absolute Gasteiger partial charge is 0.507 e. The van der Waals surface area contributed by atoms with Gasteiger partial charge in [0.2, 0.25) is 0 Å². The van der Waals surface area contributed by atoms with Gasteiger partial charge in [0, 0.05) is 35.4 Å². The summed E-state index contributed by atoms with van der Waals surface area (Å²) in [5.41, 5.74) is 2.50. The number of phenolic OH excluding ortho intramolecular Hbond substituents is 1. The molecule has 0 bridgehead atoms. The minimum absolute atomic E-state index is 0.0573. The summed E-state index contributed by atoms with van der Waals surface area (Å²) in [4.78, 5) is 14.2. The van der Waals surface area contributed by atoms with Crippen molar-refractivity contribution in [3.05, 3.63) is 42.0 Å². The lowest BCUT2D eigenvalue weighted by Crippen LogP contribution is -2.26. The van der Waals surface area contributed by atoms with Crippen molar-refractivity contribution in [1.82, 2.24) is 9.47 Å². The van der Waals surface area contributed by atoms with E-state index in [-0.39, 0.29) is 11.5 Å². The standard InChI is InChI=1S/C20H24N2O2/c1-4-21(5-2)10-11-22-18-9-7-6-8-15(18)17-12-16(14(3)23)20(24)13-19(17)22/h6-9,12-13,24H,4-5,10-11H2,1-3H3. The summed E-state index contributed by atoms with van der Waals surface area (Å²) in [7, 11) is 0. The van der Waals surface area contributed by atoms with Gasteiger partial charge in [0.05, 0.1) is 11.1 Å². The topological polar surface area (TPSA) is 45.5 Å². The van der Waals surface area contributed by atoms with Crippen LogP contribution in [0.2, 0.25) is 0 Å². The van der Waals surface area contributed by atoms with Crippen LogP contribution in [0.3, 0.4) is 0 Å². The number of carbonyl (C=O) groups is 1. The van der Waals surface area contributed by atoms with Gasteiger partial charge in [0.25, 0.3) is 0 Å². The molecule has 126 valence electrons. The molecule has 0 atom stereocenters. The molecule has 0 saturated heterocycles. The molecule has 0 saturated carbocycles. The number of para-hydroxylation sites is 1. The highest BCUT2D eigenvalue weighted by Gasteiger charge is 2.15. The molecular formula is C20H24N2O2. The molecule has 0 radical (unpaired) electrons. The molecule has 0 aliphatic heterocycles. The van der Waals surface area contributed by atoms with Gasteiger partial charge in [-0.05, 0) is 32.1 Å². The van der Waals surface area contributed by atoms with Gasteiger partial charge >= 0.3 is 0 Å². The van der Waals surface area contributed by atoms with Crippen LogP contribution in [-0.2, 0) is 6.54 Å². The van der Waals surface area contributed by atoms with E-state index in [0.29, 0.717) is 5.56 Å². The molecule has 0 fully saturated rings. The summed E-state index contributed by atoms with van der Waals surface area (Å²) in [5, 5.41) is 12.4. The molecule has 2 aromatic carbocycles.